The zero-order chi connectivity index (χ0) is 26.5. The lowest BCUT2D eigenvalue weighted by atomic mass is 10.1. The Kier molecular flexibility index (Phi) is 7.71. The largest absolute Gasteiger partial charge is 0.492 e. The van der Waals surface area contributed by atoms with E-state index in [9.17, 15) is 13.2 Å². The summed E-state index contributed by atoms with van der Waals surface area (Å²) >= 11 is 0. The normalized spacial score (nSPS) is 15.3. The monoisotopic (exact) mass is 537 g/mol. The first-order chi connectivity index (χ1) is 18.5. The van der Waals surface area contributed by atoms with Crippen molar-refractivity contribution >= 4 is 21.6 Å². The molecule has 1 saturated heterocycles. The van der Waals surface area contributed by atoms with Gasteiger partial charge in [-0.3, -0.25) is 14.0 Å². The Labute approximate surface area is 223 Å². The van der Waals surface area contributed by atoms with Gasteiger partial charge in [0.1, 0.15) is 12.3 Å². The summed E-state index contributed by atoms with van der Waals surface area (Å²) in [4.78, 5) is 17.6. The van der Waals surface area contributed by atoms with Crippen LogP contribution in [-0.4, -0.2) is 70.2 Å². The van der Waals surface area contributed by atoms with Crippen molar-refractivity contribution in [3.63, 3.8) is 0 Å². The van der Waals surface area contributed by atoms with Crippen molar-refractivity contribution in [1.82, 2.24) is 9.80 Å². The molecule has 0 spiro atoms. The van der Waals surface area contributed by atoms with Crippen LogP contribution in [0, 0.1) is 0 Å². The molecule has 0 bridgehead atoms. The van der Waals surface area contributed by atoms with Crippen molar-refractivity contribution in [2.24, 2.45) is 0 Å². The Morgan fingerprint density at radius 3 is 2.39 bits per heavy atom. The van der Waals surface area contributed by atoms with Crippen LogP contribution in [0.4, 0.5) is 5.69 Å². The smallest absolute Gasteiger partial charge is 0.264 e. The highest BCUT2D eigenvalue weighted by molar-refractivity contribution is 7.92. The third-order valence-electron chi connectivity index (χ3n) is 6.61. The predicted molar refractivity (Wildman–Crippen MR) is 143 cm³/mol. The molecule has 0 N–H and O–H groups in total. The SMILES string of the molecule is CCOc1ccccc1N(CC(=O)N1CCN(Cc2ccc3c(c2)OCO3)CC1)S(=O)(=O)c1ccccc1. The molecule has 0 aliphatic carbocycles. The van der Waals surface area contributed by atoms with Crippen LogP contribution in [0.25, 0.3) is 0 Å². The van der Waals surface area contributed by atoms with Crippen LogP contribution in [0.5, 0.6) is 17.2 Å². The van der Waals surface area contributed by atoms with Crippen molar-refractivity contribution in [2.75, 3.05) is 50.4 Å². The van der Waals surface area contributed by atoms with Gasteiger partial charge in [0, 0.05) is 32.7 Å². The third kappa shape index (κ3) is 5.56. The maximum Gasteiger partial charge on any atom is 0.264 e. The highest BCUT2D eigenvalue weighted by Gasteiger charge is 2.32. The van der Waals surface area contributed by atoms with Gasteiger partial charge in [0.15, 0.2) is 11.5 Å². The molecule has 2 aliphatic heterocycles. The number of rotatable bonds is 9. The summed E-state index contributed by atoms with van der Waals surface area (Å²) in [6.07, 6.45) is 0. The van der Waals surface area contributed by atoms with E-state index in [1.807, 2.05) is 25.1 Å². The van der Waals surface area contributed by atoms with Gasteiger partial charge >= 0.3 is 0 Å². The van der Waals surface area contributed by atoms with Crippen molar-refractivity contribution in [3.8, 4) is 17.2 Å². The molecule has 1 fully saturated rings. The fraction of sp³-hybridized carbons (Fsp3) is 0.321. The van der Waals surface area contributed by atoms with E-state index in [1.165, 1.54) is 12.1 Å². The number of ether oxygens (including phenoxy) is 3. The average molecular weight is 538 g/mol. The molecule has 5 rings (SSSR count). The molecule has 10 heteroatoms. The van der Waals surface area contributed by atoms with Gasteiger partial charge in [-0.1, -0.05) is 36.4 Å². The van der Waals surface area contributed by atoms with E-state index in [0.29, 0.717) is 44.2 Å². The molecule has 3 aromatic carbocycles. The summed E-state index contributed by atoms with van der Waals surface area (Å²) in [5.41, 5.74) is 1.45. The summed E-state index contributed by atoms with van der Waals surface area (Å²) in [7, 11) is -4.01. The summed E-state index contributed by atoms with van der Waals surface area (Å²) < 4.78 is 45.2. The summed E-state index contributed by atoms with van der Waals surface area (Å²) in [5, 5.41) is 0. The minimum atomic E-state index is -4.01. The van der Waals surface area contributed by atoms with E-state index in [2.05, 4.69) is 4.90 Å². The molecule has 2 heterocycles. The van der Waals surface area contributed by atoms with Gasteiger partial charge in [-0.15, -0.1) is 0 Å². The molecule has 0 unspecified atom stereocenters. The minimum Gasteiger partial charge on any atom is -0.492 e. The molecule has 2 aliphatic rings. The lowest BCUT2D eigenvalue weighted by Crippen LogP contribution is -2.51. The number of sulfonamides is 1. The van der Waals surface area contributed by atoms with Crippen LogP contribution in [0.3, 0.4) is 0 Å². The molecule has 0 radical (unpaired) electrons. The number of amides is 1. The number of anilines is 1. The minimum absolute atomic E-state index is 0.118. The molecule has 9 nitrogen and oxygen atoms in total. The summed E-state index contributed by atoms with van der Waals surface area (Å²) in [5.74, 6) is 1.67. The number of hydrogen-bond donors (Lipinski definition) is 0. The van der Waals surface area contributed by atoms with E-state index in [4.69, 9.17) is 14.2 Å². The molecule has 0 atom stereocenters. The molecule has 3 aromatic rings. The molecule has 0 aromatic heterocycles. The van der Waals surface area contributed by atoms with Gasteiger partial charge in [-0.2, -0.15) is 0 Å². The Morgan fingerprint density at radius 2 is 1.63 bits per heavy atom. The molecular weight excluding hydrogens is 506 g/mol. The Hall–Kier alpha value is -3.76. The maximum absolute atomic E-state index is 13.7. The maximum atomic E-state index is 13.7. The first-order valence-corrected chi connectivity index (χ1v) is 14.1. The van der Waals surface area contributed by atoms with E-state index in [0.717, 1.165) is 27.9 Å². The fourth-order valence-corrected chi connectivity index (χ4v) is 6.08. The molecule has 38 heavy (non-hydrogen) atoms. The second kappa shape index (κ2) is 11.3. The Morgan fingerprint density at radius 1 is 0.921 bits per heavy atom. The number of benzene rings is 3. The van der Waals surface area contributed by atoms with Crippen LogP contribution in [-0.2, 0) is 21.4 Å². The Balaban J connectivity index is 1.29. The fourth-order valence-electron chi connectivity index (χ4n) is 4.64. The van der Waals surface area contributed by atoms with Gasteiger partial charge in [0.2, 0.25) is 12.7 Å². The summed E-state index contributed by atoms with van der Waals surface area (Å²) in [6.45, 7) is 5.24. The molecule has 0 saturated carbocycles. The zero-order valence-electron chi connectivity index (χ0n) is 21.3. The quantitative estimate of drug-likeness (QED) is 0.414. The first-order valence-electron chi connectivity index (χ1n) is 12.6. The van der Waals surface area contributed by atoms with Crippen LogP contribution in [0.2, 0.25) is 0 Å². The van der Waals surface area contributed by atoms with Gasteiger partial charge in [0.25, 0.3) is 10.0 Å². The average Bonchev–Trinajstić information content (AvgIpc) is 3.41. The van der Waals surface area contributed by atoms with Gasteiger partial charge < -0.3 is 19.1 Å². The van der Waals surface area contributed by atoms with Crippen molar-refractivity contribution in [1.29, 1.82) is 0 Å². The van der Waals surface area contributed by atoms with Gasteiger partial charge in [-0.25, -0.2) is 8.42 Å². The lowest BCUT2D eigenvalue weighted by molar-refractivity contribution is -0.131. The standard InChI is InChI=1S/C28H31N3O6S/c1-2-35-25-11-7-6-10-24(25)31(38(33,34)23-8-4-3-5-9-23)20-28(32)30-16-14-29(15-17-30)19-22-12-13-26-27(18-22)37-21-36-26/h3-13,18H,2,14-17,19-21H2,1H3. The number of carbonyl (C=O) groups excluding carboxylic acids is 1. The number of para-hydroxylation sites is 2. The second-order valence-corrected chi connectivity index (χ2v) is 10.9. The zero-order valence-corrected chi connectivity index (χ0v) is 22.1. The summed E-state index contributed by atoms with van der Waals surface area (Å²) in [6, 6.07) is 21.0. The first kappa shape index (κ1) is 25.9. The van der Waals surface area contributed by atoms with Crippen LogP contribution in [0.1, 0.15) is 12.5 Å². The molecular formula is C28H31N3O6S. The predicted octanol–water partition coefficient (Wildman–Crippen LogP) is 3.35. The van der Waals surface area contributed by atoms with E-state index in [1.54, 1.807) is 47.4 Å². The highest BCUT2D eigenvalue weighted by atomic mass is 32.2. The third-order valence-corrected chi connectivity index (χ3v) is 8.39. The number of carbonyl (C=O) groups is 1. The van der Waals surface area contributed by atoms with Crippen LogP contribution in [0.15, 0.2) is 77.7 Å². The molecule has 200 valence electrons. The number of fused-ring (bicyclic) bond motifs is 1. The van der Waals surface area contributed by atoms with Crippen molar-refractivity contribution in [2.45, 2.75) is 18.4 Å². The van der Waals surface area contributed by atoms with Crippen LogP contribution < -0.4 is 18.5 Å². The number of hydrogen-bond acceptors (Lipinski definition) is 7. The van der Waals surface area contributed by atoms with Gasteiger partial charge in [0.05, 0.1) is 17.2 Å². The van der Waals surface area contributed by atoms with Gasteiger partial charge in [-0.05, 0) is 48.9 Å². The van der Waals surface area contributed by atoms with E-state index in [-0.39, 0.29) is 24.1 Å². The van der Waals surface area contributed by atoms with Crippen molar-refractivity contribution in [3.05, 3.63) is 78.4 Å². The number of nitrogens with zero attached hydrogens (tertiary/aromatic N) is 3. The second-order valence-electron chi connectivity index (χ2n) is 9.07. The highest BCUT2D eigenvalue weighted by Crippen LogP contribution is 2.34. The lowest BCUT2D eigenvalue weighted by Gasteiger charge is -2.36. The van der Waals surface area contributed by atoms with Crippen LogP contribution >= 0.6 is 0 Å². The van der Waals surface area contributed by atoms with E-state index < -0.39 is 10.0 Å². The topological polar surface area (TPSA) is 88.6 Å². The van der Waals surface area contributed by atoms with Crippen molar-refractivity contribution < 1.29 is 27.4 Å². The van der Waals surface area contributed by atoms with E-state index >= 15 is 0 Å². The molecule has 1 amide bonds. The number of piperazine rings is 1. The Bertz CT molecular complexity index is 1370.